The van der Waals surface area contributed by atoms with Crippen LogP contribution in [-0.4, -0.2) is 37.8 Å². The maximum Gasteiger partial charge on any atom is 0.251 e. The van der Waals surface area contributed by atoms with E-state index in [9.17, 15) is 14.0 Å². The first-order chi connectivity index (χ1) is 15.0. The highest BCUT2D eigenvalue weighted by Gasteiger charge is 2.13. The molecule has 2 aromatic carbocycles. The molecule has 0 saturated heterocycles. The van der Waals surface area contributed by atoms with Crippen LogP contribution in [0.5, 0.6) is 11.5 Å². The van der Waals surface area contributed by atoms with Gasteiger partial charge in [-0.2, -0.15) is 0 Å². The summed E-state index contributed by atoms with van der Waals surface area (Å²) >= 11 is 0. The van der Waals surface area contributed by atoms with Crippen molar-refractivity contribution in [2.75, 3.05) is 20.8 Å². The lowest BCUT2D eigenvalue weighted by Gasteiger charge is -2.11. The number of ether oxygens (including phenoxy) is 2. The van der Waals surface area contributed by atoms with Crippen molar-refractivity contribution in [2.24, 2.45) is 0 Å². The lowest BCUT2D eigenvalue weighted by atomic mass is 10.0. The number of rotatable bonds is 11. The summed E-state index contributed by atoms with van der Waals surface area (Å²) in [5.41, 5.74) is 3.23. The molecule has 0 aliphatic heterocycles. The van der Waals surface area contributed by atoms with Gasteiger partial charge in [-0.3, -0.25) is 14.8 Å². The van der Waals surface area contributed by atoms with Crippen LogP contribution in [0.3, 0.4) is 0 Å². The van der Waals surface area contributed by atoms with Crippen LogP contribution in [0, 0.1) is 5.82 Å². The summed E-state index contributed by atoms with van der Waals surface area (Å²) in [5.74, 6) is 0.0343. The van der Waals surface area contributed by atoms with Gasteiger partial charge < -0.3 is 14.8 Å². The summed E-state index contributed by atoms with van der Waals surface area (Å²) in [6.07, 6.45) is 3.92. The largest absolute Gasteiger partial charge is 0.497 e. The standard InChI is InChI=1S/C23H27FN2O5/c1-30-19-12-16(13-20(15-19)31-2)14-21(17-7-9-18(24)10-8-17)23(28)25-11-5-3-4-6-22(27)26-29/h7-10,12-15,29H,3-6,11H2,1-2H3,(H,25,28)(H,26,27)/b21-14-. The highest BCUT2D eigenvalue weighted by atomic mass is 19.1. The summed E-state index contributed by atoms with van der Waals surface area (Å²) < 4.78 is 24.0. The number of amides is 2. The van der Waals surface area contributed by atoms with E-state index in [0.717, 1.165) is 6.42 Å². The van der Waals surface area contributed by atoms with Crippen LogP contribution in [0.2, 0.25) is 0 Å². The van der Waals surface area contributed by atoms with Crippen molar-refractivity contribution in [1.29, 1.82) is 0 Å². The molecule has 0 aromatic heterocycles. The van der Waals surface area contributed by atoms with Gasteiger partial charge in [-0.1, -0.05) is 18.6 Å². The minimum atomic E-state index is -0.431. The van der Waals surface area contributed by atoms with E-state index in [1.807, 2.05) is 0 Å². The predicted molar refractivity (Wildman–Crippen MR) is 115 cm³/mol. The van der Waals surface area contributed by atoms with Crippen LogP contribution in [0.25, 0.3) is 11.6 Å². The average molecular weight is 430 g/mol. The number of halogens is 1. The Bertz CT molecular complexity index is 890. The van der Waals surface area contributed by atoms with E-state index in [-0.39, 0.29) is 12.3 Å². The molecule has 0 aliphatic carbocycles. The van der Waals surface area contributed by atoms with Crippen LogP contribution >= 0.6 is 0 Å². The first-order valence-electron chi connectivity index (χ1n) is 9.88. The highest BCUT2D eigenvalue weighted by molar-refractivity contribution is 6.24. The fraction of sp³-hybridized carbons (Fsp3) is 0.304. The quantitative estimate of drug-likeness (QED) is 0.167. The predicted octanol–water partition coefficient (Wildman–Crippen LogP) is 3.57. The van der Waals surface area contributed by atoms with E-state index < -0.39 is 11.7 Å². The Morgan fingerprint density at radius 1 is 1.00 bits per heavy atom. The van der Waals surface area contributed by atoms with Gasteiger partial charge in [-0.25, -0.2) is 9.87 Å². The van der Waals surface area contributed by atoms with E-state index in [4.69, 9.17) is 14.7 Å². The Balaban J connectivity index is 2.16. The number of nitrogens with one attached hydrogen (secondary N) is 2. The molecule has 2 rings (SSSR count). The molecule has 0 heterocycles. The number of carbonyl (C=O) groups excluding carboxylic acids is 2. The van der Waals surface area contributed by atoms with E-state index >= 15 is 0 Å². The molecule has 0 saturated carbocycles. The summed E-state index contributed by atoms with van der Waals surface area (Å²) in [6, 6.07) is 11.0. The molecule has 7 nitrogen and oxygen atoms in total. The van der Waals surface area contributed by atoms with Gasteiger partial charge in [0.25, 0.3) is 5.91 Å². The fourth-order valence-electron chi connectivity index (χ4n) is 2.93. The summed E-state index contributed by atoms with van der Waals surface area (Å²) in [5, 5.41) is 11.3. The Morgan fingerprint density at radius 3 is 2.23 bits per heavy atom. The van der Waals surface area contributed by atoms with Crippen LogP contribution in [-0.2, 0) is 9.59 Å². The average Bonchev–Trinajstić information content (AvgIpc) is 2.79. The van der Waals surface area contributed by atoms with Gasteiger partial charge in [-0.05, 0) is 54.3 Å². The van der Waals surface area contributed by atoms with Crippen molar-refractivity contribution in [3.05, 3.63) is 59.4 Å². The zero-order chi connectivity index (χ0) is 22.6. The lowest BCUT2D eigenvalue weighted by molar-refractivity contribution is -0.129. The maximum atomic E-state index is 13.4. The molecule has 0 unspecified atom stereocenters. The van der Waals surface area contributed by atoms with Gasteiger partial charge in [0.05, 0.1) is 14.2 Å². The number of hydrogen-bond donors (Lipinski definition) is 3. The Labute approximate surface area is 180 Å². The zero-order valence-corrected chi connectivity index (χ0v) is 17.6. The molecule has 0 spiro atoms. The van der Waals surface area contributed by atoms with Crippen molar-refractivity contribution < 1.29 is 28.7 Å². The molecule has 0 aliphatic rings. The Morgan fingerprint density at radius 2 is 1.65 bits per heavy atom. The van der Waals surface area contributed by atoms with Gasteiger partial charge in [0.2, 0.25) is 5.91 Å². The summed E-state index contributed by atoms with van der Waals surface area (Å²) in [4.78, 5) is 23.9. The van der Waals surface area contributed by atoms with Crippen molar-refractivity contribution in [1.82, 2.24) is 10.8 Å². The highest BCUT2D eigenvalue weighted by Crippen LogP contribution is 2.26. The molecule has 8 heteroatoms. The van der Waals surface area contributed by atoms with Crippen LogP contribution in [0.4, 0.5) is 4.39 Å². The van der Waals surface area contributed by atoms with Gasteiger partial charge in [0.1, 0.15) is 17.3 Å². The van der Waals surface area contributed by atoms with Gasteiger partial charge in [-0.15, -0.1) is 0 Å². The number of benzene rings is 2. The number of hydroxylamine groups is 1. The lowest BCUT2D eigenvalue weighted by Crippen LogP contribution is -2.25. The number of unbranched alkanes of at least 4 members (excludes halogenated alkanes) is 2. The van der Waals surface area contributed by atoms with Gasteiger partial charge in [0, 0.05) is 24.6 Å². The molecule has 31 heavy (non-hydrogen) atoms. The second-order valence-electron chi connectivity index (χ2n) is 6.81. The van der Waals surface area contributed by atoms with Crippen molar-refractivity contribution in [2.45, 2.75) is 25.7 Å². The maximum absolute atomic E-state index is 13.4. The second kappa shape index (κ2) is 12.3. The van der Waals surface area contributed by atoms with Crippen LogP contribution in [0.1, 0.15) is 36.8 Å². The number of carbonyl (C=O) groups is 2. The molecule has 2 aromatic rings. The smallest absolute Gasteiger partial charge is 0.251 e. The first-order valence-corrected chi connectivity index (χ1v) is 9.88. The summed E-state index contributed by atoms with van der Waals surface area (Å²) in [7, 11) is 3.08. The Hall–Kier alpha value is -3.39. The first kappa shape index (κ1) is 23.9. The number of methoxy groups -OCH3 is 2. The Kier molecular flexibility index (Phi) is 9.51. The van der Waals surface area contributed by atoms with Crippen molar-refractivity contribution in [3.63, 3.8) is 0 Å². The SMILES string of the molecule is COc1cc(/C=C(\C(=O)NCCCCCC(=O)NO)c2ccc(F)cc2)cc(OC)c1. The molecule has 0 fully saturated rings. The van der Waals surface area contributed by atoms with E-state index in [0.29, 0.717) is 47.6 Å². The minimum Gasteiger partial charge on any atom is -0.497 e. The third-order valence-electron chi connectivity index (χ3n) is 4.58. The van der Waals surface area contributed by atoms with Crippen molar-refractivity contribution in [3.8, 4) is 11.5 Å². The van der Waals surface area contributed by atoms with E-state index in [1.165, 1.54) is 12.1 Å². The molecular weight excluding hydrogens is 403 g/mol. The summed E-state index contributed by atoms with van der Waals surface area (Å²) in [6.45, 7) is 0.416. The molecular formula is C23H27FN2O5. The topological polar surface area (TPSA) is 96.9 Å². The molecule has 166 valence electrons. The van der Waals surface area contributed by atoms with E-state index in [1.54, 1.807) is 56.1 Å². The number of hydrogen-bond acceptors (Lipinski definition) is 5. The van der Waals surface area contributed by atoms with Crippen LogP contribution in [0.15, 0.2) is 42.5 Å². The monoisotopic (exact) mass is 430 g/mol. The molecule has 0 atom stereocenters. The zero-order valence-electron chi connectivity index (χ0n) is 17.6. The normalized spacial score (nSPS) is 11.0. The molecule has 0 bridgehead atoms. The van der Waals surface area contributed by atoms with Crippen LogP contribution < -0.4 is 20.3 Å². The minimum absolute atomic E-state index is 0.225. The molecule has 2 amide bonds. The van der Waals surface area contributed by atoms with Crippen molar-refractivity contribution >= 4 is 23.5 Å². The molecule has 0 radical (unpaired) electrons. The van der Waals surface area contributed by atoms with E-state index in [2.05, 4.69) is 5.32 Å². The van der Waals surface area contributed by atoms with Gasteiger partial charge in [0.15, 0.2) is 0 Å². The third-order valence-corrected chi connectivity index (χ3v) is 4.58. The van der Waals surface area contributed by atoms with Gasteiger partial charge >= 0.3 is 0 Å². The fourth-order valence-corrected chi connectivity index (χ4v) is 2.93. The third kappa shape index (κ3) is 7.75. The molecule has 3 N–H and O–H groups in total. The second-order valence-corrected chi connectivity index (χ2v) is 6.81.